The fourth-order valence-electron chi connectivity index (χ4n) is 2.37. The zero-order valence-corrected chi connectivity index (χ0v) is 12.8. The molecule has 4 rings (SSSR count). The normalized spacial score (nSPS) is 10.9. The third-order valence-corrected chi connectivity index (χ3v) is 3.55. The van der Waals surface area contributed by atoms with Crippen molar-refractivity contribution in [3.63, 3.8) is 0 Å². The first-order valence-electron chi connectivity index (χ1n) is 7.30. The van der Waals surface area contributed by atoms with Gasteiger partial charge in [-0.2, -0.15) is 4.98 Å². The van der Waals surface area contributed by atoms with Gasteiger partial charge < -0.3 is 9.88 Å². The summed E-state index contributed by atoms with van der Waals surface area (Å²) in [4.78, 5) is 24.6. The molecule has 24 heavy (non-hydrogen) atoms. The van der Waals surface area contributed by atoms with Crippen molar-refractivity contribution in [3.05, 3.63) is 66.8 Å². The van der Waals surface area contributed by atoms with Gasteiger partial charge in [-0.3, -0.25) is 4.79 Å². The maximum atomic E-state index is 12.3. The molecule has 0 saturated heterocycles. The summed E-state index contributed by atoms with van der Waals surface area (Å²) in [5.41, 5.74) is 1.63. The molecule has 118 valence electrons. The van der Waals surface area contributed by atoms with Crippen molar-refractivity contribution in [2.24, 2.45) is 0 Å². The van der Waals surface area contributed by atoms with Crippen molar-refractivity contribution in [2.75, 3.05) is 5.32 Å². The largest absolute Gasteiger partial charge is 0.319 e. The lowest BCUT2D eigenvalue weighted by molar-refractivity contribution is 0.101. The molecule has 0 aliphatic heterocycles. The van der Waals surface area contributed by atoms with Crippen LogP contribution in [0.1, 0.15) is 16.4 Å². The van der Waals surface area contributed by atoms with Crippen LogP contribution in [0.5, 0.6) is 0 Å². The third-order valence-electron chi connectivity index (χ3n) is 3.55. The van der Waals surface area contributed by atoms with Gasteiger partial charge in [0, 0.05) is 36.2 Å². The van der Waals surface area contributed by atoms with E-state index in [1.807, 2.05) is 42.0 Å². The maximum absolute atomic E-state index is 12.3. The summed E-state index contributed by atoms with van der Waals surface area (Å²) >= 11 is 0. The highest BCUT2D eigenvalue weighted by molar-refractivity contribution is 6.01. The molecular formula is C16H13N7O. The van der Waals surface area contributed by atoms with Gasteiger partial charge in [0.1, 0.15) is 5.82 Å². The first-order chi connectivity index (χ1) is 11.7. The van der Waals surface area contributed by atoms with Crippen LogP contribution in [-0.2, 0) is 0 Å². The molecule has 0 bridgehead atoms. The third kappa shape index (κ3) is 2.50. The van der Waals surface area contributed by atoms with Crippen LogP contribution in [0, 0.1) is 6.92 Å². The van der Waals surface area contributed by atoms with Crippen LogP contribution in [0.15, 0.2) is 55.1 Å². The predicted octanol–water partition coefficient (Wildman–Crippen LogP) is 1.87. The molecule has 8 nitrogen and oxygen atoms in total. The highest BCUT2D eigenvalue weighted by atomic mass is 16.2. The van der Waals surface area contributed by atoms with E-state index in [2.05, 4.69) is 25.4 Å². The van der Waals surface area contributed by atoms with Gasteiger partial charge in [-0.1, -0.05) is 0 Å². The molecule has 1 aromatic carbocycles. The minimum Gasteiger partial charge on any atom is -0.319 e. The second kappa shape index (κ2) is 5.58. The minimum atomic E-state index is -0.382. The molecule has 0 aliphatic carbocycles. The van der Waals surface area contributed by atoms with E-state index in [9.17, 15) is 4.79 Å². The first-order valence-corrected chi connectivity index (χ1v) is 7.30. The lowest BCUT2D eigenvalue weighted by Gasteiger charge is -2.07. The van der Waals surface area contributed by atoms with Gasteiger partial charge >= 0.3 is 0 Å². The molecule has 0 saturated carbocycles. The lowest BCUT2D eigenvalue weighted by Crippen LogP contribution is -2.14. The Hall–Kier alpha value is -3.55. The van der Waals surface area contributed by atoms with E-state index in [1.54, 1.807) is 24.7 Å². The van der Waals surface area contributed by atoms with Gasteiger partial charge in [-0.15, -0.1) is 5.10 Å². The monoisotopic (exact) mass is 319 g/mol. The Bertz CT molecular complexity index is 983. The van der Waals surface area contributed by atoms with Gasteiger partial charge in [0.25, 0.3) is 11.7 Å². The second-order valence-corrected chi connectivity index (χ2v) is 5.15. The van der Waals surface area contributed by atoms with Crippen LogP contribution in [0.3, 0.4) is 0 Å². The highest BCUT2D eigenvalue weighted by Gasteiger charge is 2.13. The molecule has 0 aliphatic rings. The number of aryl methyl sites for hydroxylation is 1. The molecule has 0 radical (unpaired) electrons. The molecule has 0 atom stereocenters. The van der Waals surface area contributed by atoms with Crippen LogP contribution in [0.2, 0.25) is 0 Å². The first kappa shape index (κ1) is 14.1. The van der Waals surface area contributed by atoms with E-state index in [-0.39, 0.29) is 11.7 Å². The summed E-state index contributed by atoms with van der Waals surface area (Å²) in [7, 11) is 0. The van der Waals surface area contributed by atoms with Gasteiger partial charge in [-0.05, 0) is 37.3 Å². The number of rotatable bonds is 3. The van der Waals surface area contributed by atoms with Gasteiger partial charge in [0.05, 0.1) is 0 Å². The number of hydrogen-bond donors (Lipinski definition) is 1. The number of fused-ring (bicyclic) bond motifs is 1. The van der Waals surface area contributed by atoms with Crippen LogP contribution in [0.4, 0.5) is 5.69 Å². The van der Waals surface area contributed by atoms with E-state index >= 15 is 0 Å². The molecule has 0 spiro atoms. The molecular weight excluding hydrogens is 306 g/mol. The standard InChI is InChI=1S/C16H13N7O/c1-11-17-8-10-22(11)13-5-3-12(4-6-13)19-15(24)14-20-16-18-7-2-9-23(16)21-14/h2-10H,1H3,(H,19,24). The summed E-state index contributed by atoms with van der Waals surface area (Å²) in [6.45, 7) is 1.93. The SMILES string of the molecule is Cc1nccn1-c1ccc(NC(=O)c2nc3ncccn3n2)cc1. The summed E-state index contributed by atoms with van der Waals surface area (Å²) in [6.07, 6.45) is 6.92. The molecule has 1 N–H and O–H groups in total. The Kier molecular flexibility index (Phi) is 3.27. The van der Waals surface area contributed by atoms with E-state index in [4.69, 9.17) is 0 Å². The number of aromatic nitrogens is 6. The van der Waals surface area contributed by atoms with E-state index in [1.165, 1.54) is 4.52 Å². The summed E-state index contributed by atoms with van der Waals surface area (Å²) in [5.74, 6) is 0.969. The number of imidazole rings is 1. The summed E-state index contributed by atoms with van der Waals surface area (Å²) in [6, 6.07) is 9.17. The maximum Gasteiger partial charge on any atom is 0.295 e. The average Bonchev–Trinajstić information content (AvgIpc) is 3.21. The fourth-order valence-corrected chi connectivity index (χ4v) is 2.37. The minimum absolute atomic E-state index is 0.0724. The average molecular weight is 319 g/mol. The number of carbonyl (C=O) groups is 1. The summed E-state index contributed by atoms with van der Waals surface area (Å²) in [5, 5.41) is 6.87. The van der Waals surface area contributed by atoms with Crippen molar-refractivity contribution in [1.29, 1.82) is 0 Å². The van der Waals surface area contributed by atoms with Crippen LogP contribution in [0.25, 0.3) is 11.5 Å². The Labute approximate surface area is 136 Å². The molecule has 3 heterocycles. The molecule has 0 fully saturated rings. The van der Waals surface area contributed by atoms with Crippen LogP contribution >= 0.6 is 0 Å². The molecule has 8 heteroatoms. The molecule has 0 unspecified atom stereocenters. The number of benzene rings is 1. The number of amides is 1. The van der Waals surface area contributed by atoms with E-state index < -0.39 is 0 Å². The molecule has 3 aromatic heterocycles. The number of nitrogens with one attached hydrogen (secondary N) is 1. The van der Waals surface area contributed by atoms with Crippen molar-refractivity contribution in [1.82, 2.24) is 29.1 Å². The Morgan fingerprint density at radius 2 is 1.92 bits per heavy atom. The van der Waals surface area contributed by atoms with Gasteiger partial charge in [-0.25, -0.2) is 14.5 Å². The van der Waals surface area contributed by atoms with Gasteiger partial charge in [0.2, 0.25) is 5.82 Å². The Balaban J connectivity index is 1.54. The van der Waals surface area contributed by atoms with E-state index in [0.29, 0.717) is 11.5 Å². The topological polar surface area (TPSA) is 90.0 Å². The number of carbonyl (C=O) groups excluding carboxylic acids is 1. The Morgan fingerprint density at radius 3 is 2.62 bits per heavy atom. The van der Waals surface area contributed by atoms with Gasteiger partial charge in [0.15, 0.2) is 0 Å². The lowest BCUT2D eigenvalue weighted by atomic mass is 10.2. The zero-order chi connectivity index (χ0) is 16.5. The van der Waals surface area contributed by atoms with Crippen molar-refractivity contribution in [3.8, 4) is 5.69 Å². The molecule has 1 amide bonds. The second-order valence-electron chi connectivity index (χ2n) is 5.15. The molecule has 4 aromatic rings. The highest BCUT2D eigenvalue weighted by Crippen LogP contribution is 2.15. The predicted molar refractivity (Wildman–Crippen MR) is 87.0 cm³/mol. The number of nitrogens with zero attached hydrogens (tertiary/aromatic N) is 6. The number of hydrogen-bond acceptors (Lipinski definition) is 5. The fraction of sp³-hybridized carbons (Fsp3) is 0.0625. The van der Waals surface area contributed by atoms with E-state index in [0.717, 1.165) is 11.5 Å². The zero-order valence-electron chi connectivity index (χ0n) is 12.8. The Morgan fingerprint density at radius 1 is 1.08 bits per heavy atom. The summed E-state index contributed by atoms with van der Waals surface area (Å²) < 4.78 is 3.42. The van der Waals surface area contributed by atoms with Crippen molar-refractivity contribution >= 4 is 17.4 Å². The number of anilines is 1. The van der Waals surface area contributed by atoms with Crippen molar-refractivity contribution in [2.45, 2.75) is 6.92 Å². The van der Waals surface area contributed by atoms with Crippen LogP contribution < -0.4 is 5.32 Å². The van der Waals surface area contributed by atoms with Crippen LogP contribution in [-0.4, -0.2) is 35.0 Å². The van der Waals surface area contributed by atoms with Crippen molar-refractivity contribution < 1.29 is 4.79 Å². The smallest absolute Gasteiger partial charge is 0.295 e. The quantitative estimate of drug-likeness (QED) is 0.622.